The third-order valence-corrected chi connectivity index (χ3v) is 24.7. The molecule has 1 saturated carbocycles. The van der Waals surface area contributed by atoms with Crippen molar-refractivity contribution >= 4 is 34.4 Å². The fourth-order valence-electron chi connectivity index (χ4n) is 9.97. The van der Waals surface area contributed by atoms with E-state index in [4.69, 9.17) is 27.8 Å². The summed E-state index contributed by atoms with van der Waals surface area (Å²) in [4.78, 5) is 26.6. The van der Waals surface area contributed by atoms with Gasteiger partial charge < -0.3 is 53.5 Å². The van der Waals surface area contributed by atoms with Gasteiger partial charge in [0.1, 0.15) is 55.6 Å². The molecule has 3 fully saturated rings. The third-order valence-electron chi connectivity index (χ3n) is 12.5. The van der Waals surface area contributed by atoms with Gasteiger partial charge in [0.05, 0.1) is 6.04 Å². The first kappa shape index (κ1) is 46.5. The van der Waals surface area contributed by atoms with Gasteiger partial charge in [-0.25, -0.2) is 0 Å². The van der Waals surface area contributed by atoms with E-state index in [2.05, 4.69) is 88.4 Å². The number of hydrogen-bond donors (Lipinski definition) is 5. The number of phenolic OH excluding ortho intramolecular Hbond substituents is 1. The molecule has 1 aliphatic carbocycles. The number of phenols is 1. The number of benzene rings is 1. The zero-order chi connectivity index (χ0) is 42.2. The number of aliphatic hydroxyl groups is 3. The van der Waals surface area contributed by atoms with Crippen LogP contribution in [0.25, 0.3) is 6.08 Å². The summed E-state index contributed by atoms with van der Waals surface area (Å²) < 4.78 is 38.5. The van der Waals surface area contributed by atoms with Crippen molar-refractivity contribution in [3.63, 3.8) is 0 Å². The lowest BCUT2D eigenvalue weighted by atomic mass is 9.83. The molecule has 2 saturated heterocycles. The number of rotatable bonds is 16. The molecule has 13 nitrogen and oxygen atoms in total. The molecule has 0 aromatic heterocycles. The number of carbonyl (C=O) groups excluding carboxylic acids is 2. The second kappa shape index (κ2) is 18.4. The highest BCUT2D eigenvalue weighted by atomic mass is 28.4. The maximum atomic E-state index is 13.4. The lowest BCUT2D eigenvalue weighted by molar-refractivity contribution is -0.155. The lowest BCUT2D eigenvalue weighted by Crippen LogP contribution is -2.67. The number of ether oxygens (including phenoxy) is 4. The minimum absolute atomic E-state index is 0.104. The van der Waals surface area contributed by atoms with Crippen molar-refractivity contribution in [1.82, 2.24) is 5.32 Å². The predicted octanol–water partition coefficient (Wildman–Crippen LogP) is 5.93. The second-order valence-electron chi connectivity index (χ2n) is 17.9. The molecular weight excluding hydrogens is 755 g/mol. The van der Waals surface area contributed by atoms with Gasteiger partial charge in [0, 0.05) is 5.57 Å². The first-order valence-corrected chi connectivity index (χ1v) is 24.6. The van der Waals surface area contributed by atoms with Gasteiger partial charge in [-0.3, -0.25) is 9.59 Å². The SMILES string of the molecule is CC(=O)[C@H]1O[C@@H](Oc2ccc(/C=C(\C)C(=O)N[C@@H]3[C@H](O)[C@@H](O)[C@H]4OCO[C@H]4[C@@H]3O)cc2O)[C@@H](O[Si](C(C)C)(C(C)C)C(C)C)[C@@H]1O[Si](C(C)C)(C(C)C)C(C)C. The van der Waals surface area contributed by atoms with Crippen LogP contribution in [-0.4, -0.2) is 117 Å². The molecule has 0 radical (unpaired) electrons. The van der Waals surface area contributed by atoms with E-state index in [1.54, 1.807) is 19.1 Å². The Morgan fingerprint density at radius 3 is 1.70 bits per heavy atom. The van der Waals surface area contributed by atoms with E-state index in [0.717, 1.165) is 0 Å². The number of fused-ring (bicyclic) bond motifs is 1. The molecule has 1 aromatic rings. The monoisotopic (exact) mass is 823 g/mol. The Morgan fingerprint density at radius 2 is 1.23 bits per heavy atom. The number of nitrogens with one attached hydrogen (secondary N) is 1. The van der Waals surface area contributed by atoms with Crippen molar-refractivity contribution in [2.45, 2.75) is 191 Å². The van der Waals surface area contributed by atoms with Crippen LogP contribution in [-0.2, 0) is 32.7 Å². The summed E-state index contributed by atoms with van der Waals surface area (Å²) in [5.74, 6) is -0.911. The molecule has 15 heteroatoms. The summed E-state index contributed by atoms with van der Waals surface area (Å²) in [6, 6.07) is 3.47. The molecule has 318 valence electrons. The van der Waals surface area contributed by atoms with E-state index >= 15 is 0 Å². The first-order chi connectivity index (χ1) is 26.0. The molecule has 10 atom stereocenters. The van der Waals surface area contributed by atoms with Crippen molar-refractivity contribution in [1.29, 1.82) is 0 Å². The van der Waals surface area contributed by atoms with Crippen LogP contribution in [0.15, 0.2) is 23.8 Å². The Balaban J connectivity index is 1.66. The topological polar surface area (TPSA) is 182 Å². The van der Waals surface area contributed by atoms with Gasteiger partial charge in [-0.1, -0.05) is 89.2 Å². The summed E-state index contributed by atoms with van der Waals surface area (Å²) >= 11 is 0. The normalized spacial score (nSPS) is 30.3. The minimum Gasteiger partial charge on any atom is -0.504 e. The van der Waals surface area contributed by atoms with Crippen LogP contribution in [0.3, 0.4) is 0 Å². The Labute approximate surface area is 335 Å². The molecule has 2 heterocycles. The highest BCUT2D eigenvalue weighted by Gasteiger charge is 2.59. The van der Waals surface area contributed by atoms with Gasteiger partial charge in [0.2, 0.25) is 28.8 Å². The summed E-state index contributed by atoms with van der Waals surface area (Å²) in [6.45, 7) is 29.3. The highest BCUT2D eigenvalue weighted by Crippen LogP contribution is 2.49. The van der Waals surface area contributed by atoms with Gasteiger partial charge in [-0.15, -0.1) is 0 Å². The largest absolute Gasteiger partial charge is 0.504 e. The number of aliphatic hydroxyl groups excluding tert-OH is 3. The zero-order valence-corrected chi connectivity index (χ0v) is 37.8. The average molecular weight is 824 g/mol. The molecule has 3 aliphatic rings. The van der Waals surface area contributed by atoms with Gasteiger partial charge in [-0.2, -0.15) is 0 Å². The van der Waals surface area contributed by atoms with Gasteiger partial charge in [0.15, 0.2) is 17.3 Å². The molecule has 1 amide bonds. The second-order valence-corrected chi connectivity index (χ2v) is 28.7. The molecular formula is C41H69NO12Si2. The van der Waals surface area contributed by atoms with Crippen molar-refractivity contribution in [3.05, 3.63) is 29.3 Å². The van der Waals surface area contributed by atoms with E-state index in [1.165, 1.54) is 19.1 Å². The Kier molecular flexibility index (Phi) is 15.3. The van der Waals surface area contributed by atoms with E-state index in [0.29, 0.717) is 5.56 Å². The van der Waals surface area contributed by atoms with Crippen molar-refractivity contribution in [2.24, 2.45) is 0 Å². The number of aromatic hydroxyl groups is 1. The van der Waals surface area contributed by atoms with Crippen LogP contribution in [0.2, 0.25) is 33.2 Å². The zero-order valence-electron chi connectivity index (χ0n) is 35.8. The molecule has 5 N–H and O–H groups in total. The van der Waals surface area contributed by atoms with Gasteiger partial charge in [0.25, 0.3) is 0 Å². The molecule has 0 unspecified atom stereocenters. The molecule has 0 bridgehead atoms. The number of ketones is 1. The van der Waals surface area contributed by atoms with E-state index in [9.17, 15) is 30.0 Å². The Hall–Kier alpha value is -2.19. The van der Waals surface area contributed by atoms with Gasteiger partial charge >= 0.3 is 0 Å². The van der Waals surface area contributed by atoms with Crippen LogP contribution in [0.1, 0.15) is 102 Å². The van der Waals surface area contributed by atoms with Crippen molar-refractivity contribution < 1.29 is 57.8 Å². The van der Waals surface area contributed by atoms with E-state index in [-0.39, 0.29) is 62.9 Å². The van der Waals surface area contributed by atoms with Crippen LogP contribution in [0.5, 0.6) is 11.5 Å². The third kappa shape index (κ3) is 8.87. The Morgan fingerprint density at radius 1 is 0.750 bits per heavy atom. The first-order valence-electron chi connectivity index (χ1n) is 20.3. The summed E-state index contributed by atoms with van der Waals surface area (Å²) in [6.07, 6.45) is -7.96. The quantitative estimate of drug-likeness (QED) is 0.0981. The van der Waals surface area contributed by atoms with Crippen LogP contribution < -0.4 is 10.1 Å². The molecule has 2 aliphatic heterocycles. The van der Waals surface area contributed by atoms with Crippen LogP contribution in [0, 0.1) is 0 Å². The van der Waals surface area contributed by atoms with Crippen molar-refractivity contribution in [2.75, 3.05) is 6.79 Å². The summed E-state index contributed by atoms with van der Waals surface area (Å²) in [7, 11) is -5.17. The van der Waals surface area contributed by atoms with Crippen molar-refractivity contribution in [3.8, 4) is 11.5 Å². The van der Waals surface area contributed by atoms with E-state index < -0.39 is 83.7 Å². The maximum Gasteiger partial charge on any atom is 0.247 e. The number of hydrogen-bond acceptors (Lipinski definition) is 12. The van der Waals surface area contributed by atoms with Gasteiger partial charge in [-0.05, 0) is 70.9 Å². The lowest BCUT2D eigenvalue weighted by Gasteiger charge is -2.48. The standard InChI is InChI=1S/C41H69NO12Si2/c1-20(2)55(21(3)4,22(5)6)53-38-35(27(14)43)52-41(39(38)54-56(23(7)8,24(9)10)25(11)12)51-30-16-15-28(18-29(30)44)17-26(13)40(48)42-31-32(45)34(47)37-36(33(31)46)49-19-50-37/h15-18,20-25,31-39,41,44-47H,19H2,1-14H3,(H,42,48)/b26-17+/t31-,32+,33-,34-,35-,36+,37-,38-,39+,41-/m1/s1. The smallest absolute Gasteiger partial charge is 0.247 e. The number of carbonyl (C=O) groups is 2. The minimum atomic E-state index is -2.60. The maximum absolute atomic E-state index is 13.4. The number of Topliss-reactive ketones (excluding diaryl/α,β-unsaturated/α-hetero) is 1. The Bertz CT molecular complexity index is 1510. The molecule has 56 heavy (non-hydrogen) atoms. The molecule has 1 aromatic carbocycles. The summed E-state index contributed by atoms with van der Waals surface area (Å²) in [5.41, 5.74) is 2.05. The highest BCUT2D eigenvalue weighted by molar-refractivity contribution is 6.78. The predicted molar refractivity (Wildman–Crippen MR) is 218 cm³/mol. The number of amides is 1. The fourth-order valence-corrected chi connectivity index (χ4v) is 21.1. The average Bonchev–Trinajstić information content (AvgIpc) is 3.72. The van der Waals surface area contributed by atoms with E-state index in [1.807, 2.05) is 0 Å². The molecule has 4 rings (SSSR count). The van der Waals surface area contributed by atoms with Crippen LogP contribution >= 0.6 is 0 Å². The molecule has 0 spiro atoms. The van der Waals surface area contributed by atoms with Crippen LogP contribution in [0.4, 0.5) is 0 Å². The fraction of sp³-hybridized carbons (Fsp3) is 0.756. The summed E-state index contributed by atoms with van der Waals surface area (Å²) in [5, 5.41) is 45.8.